The van der Waals surface area contributed by atoms with Gasteiger partial charge in [-0.25, -0.2) is 4.79 Å². The van der Waals surface area contributed by atoms with Gasteiger partial charge in [0.2, 0.25) is 0 Å². The van der Waals surface area contributed by atoms with Crippen molar-refractivity contribution in [2.24, 2.45) is 5.92 Å². The number of piperidine rings is 1. The van der Waals surface area contributed by atoms with Crippen LogP contribution in [-0.2, 0) is 9.53 Å². The van der Waals surface area contributed by atoms with E-state index in [2.05, 4.69) is 22.9 Å². The van der Waals surface area contributed by atoms with Gasteiger partial charge in [-0.05, 0) is 37.0 Å². The maximum absolute atomic E-state index is 12.0. The predicted octanol–water partition coefficient (Wildman–Crippen LogP) is 2.57. The Hall–Kier alpha value is -1.56. The average Bonchev–Trinajstić information content (AvgIpc) is 2.47. The van der Waals surface area contributed by atoms with Crippen LogP contribution in [0.1, 0.15) is 30.1 Å². The smallest absolute Gasteiger partial charge is 0.342 e. The zero-order chi connectivity index (χ0) is 15.4. The molecule has 0 radical (unpaired) electrons. The number of hydrogen-bond acceptors (Lipinski definition) is 4. The summed E-state index contributed by atoms with van der Waals surface area (Å²) >= 11 is 3.22. The molecule has 114 valence electrons. The number of esters is 1. The van der Waals surface area contributed by atoms with Crippen LogP contribution in [0.3, 0.4) is 0 Å². The highest BCUT2D eigenvalue weighted by molar-refractivity contribution is 9.10. The Morgan fingerprint density at radius 2 is 2.05 bits per heavy atom. The summed E-state index contributed by atoms with van der Waals surface area (Å²) in [5.74, 6) is -0.421. The first-order valence-electron chi connectivity index (χ1n) is 6.91. The summed E-state index contributed by atoms with van der Waals surface area (Å²) in [6.45, 7) is 3.29. The molecule has 1 aromatic rings. The Labute approximate surface area is 132 Å². The number of benzene rings is 1. The molecule has 0 atom stereocenters. The van der Waals surface area contributed by atoms with E-state index >= 15 is 0 Å². The van der Waals surface area contributed by atoms with E-state index in [-0.39, 0.29) is 23.8 Å². The van der Waals surface area contributed by atoms with Crippen LogP contribution < -0.4 is 0 Å². The molecule has 0 saturated carbocycles. The minimum absolute atomic E-state index is 0.0458. The topological polar surface area (TPSA) is 66.8 Å². The first kappa shape index (κ1) is 15.8. The van der Waals surface area contributed by atoms with E-state index in [1.165, 1.54) is 12.1 Å². The molecule has 1 aliphatic heterocycles. The lowest BCUT2D eigenvalue weighted by Crippen LogP contribution is -2.40. The normalized spacial score (nSPS) is 15.8. The minimum atomic E-state index is -0.701. The van der Waals surface area contributed by atoms with E-state index < -0.39 is 5.97 Å². The molecule has 1 N–H and O–H groups in total. The molecule has 0 aromatic heterocycles. The summed E-state index contributed by atoms with van der Waals surface area (Å²) in [6, 6.07) is 4.48. The number of aromatic hydroxyl groups is 1. The van der Waals surface area contributed by atoms with E-state index in [1.54, 1.807) is 11.0 Å². The van der Waals surface area contributed by atoms with Gasteiger partial charge in [-0.1, -0.05) is 22.9 Å². The molecule has 1 aromatic carbocycles. The lowest BCUT2D eigenvalue weighted by atomic mass is 9.99. The molecule has 1 saturated heterocycles. The van der Waals surface area contributed by atoms with Crippen molar-refractivity contribution in [1.82, 2.24) is 4.90 Å². The fraction of sp³-hybridized carbons (Fsp3) is 0.467. The van der Waals surface area contributed by atoms with E-state index in [1.807, 2.05) is 0 Å². The van der Waals surface area contributed by atoms with E-state index in [9.17, 15) is 14.7 Å². The molecule has 1 fully saturated rings. The minimum Gasteiger partial charge on any atom is -0.507 e. The van der Waals surface area contributed by atoms with Crippen LogP contribution in [-0.4, -0.2) is 41.6 Å². The van der Waals surface area contributed by atoms with Crippen LogP contribution >= 0.6 is 15.9 Å². The van der Waals surface area contributed by atoms with Crippen molar-refractivity contribution in [3.8, 4) is 5.75 Å². The highest BCUT2D eigenvalue weighted by Crippen LogP contribution is 2.22. The van der Waals surface area contributed by atoms with Crippen molar-refractivity contribution >= 4 is 27.8 Å². The summed E-state index contributed by atoms with van der Waals surface area (Å²) in [4.78, 5) is 25.6. The number of halogens is 1. The standard InChI is InChI=1S/C15H18BrNO4/c1-10-4-6-17(7-5-10)14(19)9-21-15(20)12-8-11(16)2-3-13(12)18/h2-3,8,10,18H,4-7,9H2,1H3. The van der Waals surface area contributed by atoms with Gasteiger partial charge in [0.25, 0.3) is 5.91 Å². The lowest BCUT2D eigenvalue weighted by Gasteiger charge is -2.30. The van der Waals surface area contributed by atoms with Crippen LogP contribution in [0.2, 0.25) is 0 Å². The van der Waals surface area contributed by atoms with Gasteiger partial charge >= 0.3 is 5.97 Å². The Morgan fingerprint density at radius 1 is 1.38 bits per heavy atom. The molecule has 21 heavy (non-hydrogen) atoms. The number of carbonyl (C=O) groups is 2. The number of carbonyl (C=O) groups excluding carboxylic acids is 2. The van der Waals surface area contributed by atoms with Crippen molar-refractivity contribution in [2.45, 2.75) is 19.8 Å². The monoisotopic (exact) mass is 355 g/mol. The quantitative estimate of drug-likeness (QED) is 0.846. The molecule has 1 amide bonds. The third kappa shape index (κ3) is 4.20. The van der Waals surface area contributed by atoms with E-state index in [0.29, 0.717) is 23.5 Å². The Bertz CT molecular complexity index is 538. The molecule has 0 aliphatic carbocycles. The van der Waals surface area contributed by atoms with Gasteiger partial charge in [0.15, 0.2) is 6.61 Å². The zero-order valence-electron chi connectivity index (χ0n) is 11.8. The van der Waals surface area contributed by atoms with Crippen molar-refractivity contribution in [3.63, 3.8) is 0 Å². The van der Waals surface area contributed by atoms with E-state index in [4.69, 9.17) is 4.74 Å². The summed E-state index contributed by atoms with van der Waals surface area (Å²) in [6.07, 6.45) is 1.96. The van der Waals surface area contributed by atoms with E-state index in [0.717, 1.165) is 12.8 Å². The number of nitrogens with zero attached hydrogens (tertiary/aromatic N) is 1. The van der Waals surface area contributed by atoms with Gasteiger partial charge in [-0.15, -0.1) is 0 Å². The number of hydrogen-bond donors (Lipinski definition) is 1. The van der Waals surface area contributed by atoms with Crippen LogP contribution in [0.25, 0.3) is 0 Å². The molecule has 5 nitrogen and oxygen atoms in total. The Kier molecular flexibility index (Phi) is 5.22. The molecule has 0 spiro atoms. The molecule has 6 heteroatoms. The number of phenolic OH excluding ortho intramolecular Hbond substituents is 1. The highest BCUT2D eigenvalue weighted by Gasteiger charge is 2.22. The molecule has 1 heterocycles. The van der Waals surface area contributed by atoms with Crippen molar-refractivity contribution < 1.29 is 19.4 Å². The fourth-order valence-corrected chi connectivity index (χ4v) is 2.59. The van der Waals surface area contributed by atoms with Gasteiger partial charge < -0.3 is 14.7 Å². The molecule has 1 aliphatic rings. The van der Waals surface area contributed by atoms with Gasteiger partial charge in [-0.2, -0.15) is 0 Å². The maximum atomic E-state index is 12.0. The highest BCUT2D eigenvalue weighted by atomic mass is 79.9. The Morgan fingerprint density at radius 3 is 2.71 bits per heavy atom. The fourth-order valence-electron chi connectivity index (χ4n) is 2.23. The summed E-state index contributed by atoms with van der Waals surface area (Å²) in [5, 5.41) is 9.63. The zero-order valence-corrected chi connectivity index (χ0v) is 13.4. The van der Waals surface area contributed by atoms with Crippen molar-refractivity contribution in [3.05, 3.63) is 28.2 Å². The van der Waals surface area contributed by atoms with Gasteiger partial charge in [-0.3, -0.25) is 4.79 Å². The molecular weight excluding hydrogens is 338 g/mol. The van der Waals surface area contributed by atoms with Crippen LogP contribution in [0, 0.1) is 5.92 Å². The molecule has 0 unspecified atom stereocenters. The number of ether oxygens (including phenoxy) is 1. The first-order chi connectivity index (χ1) is 9.97. The van der Waals surface area contributed by atoms with Gasteiger partial charge in [0.05, 0.1) is 0 Å². The third-order valence-corrected chi connectivity index (χ3v) is 4.13. The third-order valence-electron chi connectivity index (χ3n) is 3.64. The summed E-state index contributed by atoms with van der Waals surface area (Å²) < 4.78 is 5.65. The number of likely N-dealkylation sites (tertiary alicyclic amines) is 1. The van der Waals surface area contributed by atoms with Crippen molar-refractivity contribution in [2.75, 3.05) is 19.7 Å². The molecule has 0 bridgehead atoms. The van der Waals surface area contributed by atoms with Crippen LogP contribution in [0.4, 0.5) is 0 Å². The second-order valence-corrected chi connectivity index (χ2v) is 6.22. The first-order valence-corrected chi connectivity index (χ1v) is 7.70. The second-order valence-electron chi connectivity index (χ2n) is 5.30. The number of phenols is 1. The predicted molar refractivity (Wildman–Crippen MR) is 81.1 cm³/mol. The SMILES string of the molecule is CC1CCN(C(=O)COC(=O)c2cc(Br)ccc2O)CC1. The number of rotatable bonds is 3. The maximum Gasteiger partial charge on any atom is 0.342 e. The van der Waals surface area contributed by atoms with Gasteiger partial charge in [0.1, 0.15) is 11.3 Å². The summed E-state index contributed by atoms with van der Waals surface area (Å²) in [5.41, 5.74) is 0.0458. The Balaban J connectivity index is 1.89. The van der Waals surface area contributed by atoms with Crippen molar-refractivity contribution in [1.29, 1.82) is 0 Å². The van der Waals surface area contributed by atoms with Crippen LogP contribution in [0.15, 0.2) is 22.7 Å². The molecule has 2 rings (SSSR count). The lowest BCUT2D eigenvalue weighted by molar-refractivity contribution is -0.135. The number of amides is 1. The largest absolute Gasteiger partial charge is 0.507 e. The second kappa shape index (κ2) is 6.93. The molecular formula is C15H18BrNO4. The van der Waals surface area contributed by atoms with Gasteiger partial charge in [0, 0.05) is 17.6 Å². The average molecular weight is 356 g/mol. The summed E-state index contributed by atoms with van der Waals surface area (Å²) in [7, 11) is 0. The van der Waals surface area contributed by atoms with Crippen LogP contribution in [0.5, 0.6) is 5.75 Å².